The molecule has 2 rings (SSSR count). The fourth-order valence-electron chi connectivity index (χ4n) is 3.01. The average molecular weight is 289 g/mol. The number of anilines is 1. The van der Waals surface area contributed by atoms with Gasteiger partial charge in [0.1, 0.15) is 0 Å². The van der Waals surface area contributed by atoms with Crippen LogP contribution in [0.4, 0.5) is 5.69 Å². The summed E-state index contributed by atoms with van der Waals surface area (Å²) >= 11 is 0. The van der Waals surface area contributed by atoms with Crippen molar-refractivity contribution in [1.29, 1.82) is 0 Å². The van der Waals surface area contributed by atoms with Crippen molar-refractivity contribution in [2.24, 2.45) is 0 Å². The Morgan fingerprint density at radius 2 is 2.00 bits per heavy atom. The van der Waals surface area contributed by atoms with Crippen LogP contribution < -0.4 is 10.2 Å². The molecule has 1 heterocycles. The lowest BCUT2D eigenvalue weighted by Gasteiger charge is -2.37. The number of rotatable bonds is 4. The molecular formula is C17H27N3O. The summed E-state index contributed by atoms with van der Waals surface area (Å²) in [5, 5.41) is 2.92. The van der Waals surface area contributed by atoms with Crippen molar-refractivity contribution in [1.82, 2.24) is 10.2 Å². The van der Waals surface area contributed by atoms with E-state index in [1.165, 1.54) is 29.7 Å². The van der Waals surface area contributed by atoms with Crippen molar-refractivity contribution in [3.8, 4) is 0 Å². The van der Waals surface area contributed by atoms with E-state index in [9.17, 15) is 4.79 Å². The second kappa shape index (κ2) is 6.94. The Morgan fingerprint density at radius 3 is 2.57 bits per heavy atom. The van der Waals surface area contributed by atoms with Crippen LogP contribution in [0, 0.1) is 6.92 Å². The van der Waals surface area contributed by atoms with Crippen LogP contribution in [0.25, 0.3) is 0 Å². The lowest BCUT2D eigenvalue weighted by atomic mass is 10.0. The van der Waals surface area contributed by atoms with Gasteiger partial charge in [-0.3, -0.25) is 4.79 Å². The van der Waals surface area contributed by atoms with E-state index in [1.54, 1.807) is 6.92 Å². The van der Waals surface area contributed by atoms with Gasteiger partial charge in [-0.15, -0.1) is 0 Å². The molecule has 116 valence electrons. The molecule has 1 amide bonds. The van der Waals surface area contributed by atoms with Crippen LogP contribution >= 0.6 is 0 Å². The first kappa shape index (κ1) is 15.8. The van der Waals surface area contributed by atoms with Crippen molar-refractivity contribution in [2.75, 3.05) is 32.1 Å². The quantitative estimate of drug-likeness (QED) is 0.922. The Balaban J connectivity index is 2.10. The number of benzene rings is 1. The van der Waals surface area contributed by atoms with Crippen LogP contribution in [0.5, 0.6) is 0 Å². The molecule has 0 saturated carbocycles. The van der Waals surface area contributed by atoms with Crippen molar-refractivity contribution in [2.45, 2.75) is 39.3 Å². The summed E-state index contributed by atoms with van der Waals surface area (Å²) in [5.41, 5.74) is 3.72. The zero-order chi connectivity index (χ0) is 15.4. The zero-order valence-corrected chi connectivity index (χ0v) is 13.6. The van der Waals surface area contributed by atoms with Crippen LogP contribution in [0.2, 0.25) is 0 Å². The third-order valence-electron chi connectivity index (χ3n) is 4.30. The highest BCUT2D eigenvalue weighted by atomic mass is 16.1. The van der Waals surface area contributed by atoms with E-state index >= 15 is 0 Å². The molecule has 4 nitrogen and oxygen atoms in total. The van der Waals surface area contributed by atoms with Crippen molar-refractivity contribution in [3.05, 3.63) is 29.3 Å². The van der Waals surface area contributed by atoms with Crippen molar-refractivity contribution < 1.29 is 4.79 Å². The maximum atomic E-state index is 11.2. The molecule has 1 N–H and O–H groups in total. The number of nitrogens with one attached hydrogen (secondary N) is 1. The number of amides is 1. The van der Waals surface area contributed by atoms with Crippen LogP contribution in [0.15, 0.2) is 18.2 Å². The second-order valence-corrected chi connectivity index (χ2v) is 6.22. The van der Waals surface area contributed by atoms with E-state index in [-0.39, 0.29) is 5.91 Å². The molecule has 1 fully saturated rings. The minimum absolute atomic E-state index is 0.0220. The topological polar surface area (TPSA) is 35.6 Å². The Hall–Kier alpha value is -1.55. The van der Waals surface area contributed by atoms with Crippen molar-refractivity contribution in [3.63, 3.8) is 0 Å². The molecule has 1 aromatic rings. The first-order valence-electron chi connectivity index (χ1n) is 7.72. The van der Waals surface area contributed by atoms with Crippen LogP contribution in [0.1, 0.15) is 30.9 Å². The van der Waals surface area contributed by atoms with Gasteiger partial charge in [0.2, 0.25) is 5.91 Å². The molecule has 0 bridgehead atoms. The first-order valence-corrected chi connectivity index (χ1v) is 7.72. The smallest absolute Gasteiger partial charge is 0.217 e. The normalized spacial score (nSPS) is 16.3. The predicted octanol–water partition coefficient (Wildman–Crippen LogP) is 2.16. The third kappa shape index (κ3) is 4.21. The summed E-state index contributed by atoms with van der Waals surface area (Å²) in [6.07, 6.45) is 2.39. The molecule has 0 atom stereocenters. The number of carbonyl (C=O) groups is 1. The Morgan fingerprint density at radius 1 is 1.33 bits per heavy atom. The van der Waals surface area contributed by atoms with Gasteiger partial charge in [0.05, 0.1) is 0 Å². The zero-order valence-electron chi connectivity index (χ0n) is 13.6. The predicted molar refractivity (Wildman–Crippen MR) is 87.6 cm³/mol. The van der Waals surface area contributed by atoms with E-state index in [0.29, 0.717) is 12.6 Å². The maximum absolute atomic E-state index is 11.2. The number of aryl methyl sites for hydroxylation is 1. The van der Waals surface area contributed by atoms with Gasteiger partial charge in [-0.2, -0.15) is 0 Å². The molecule has 0 unspecified atom stereocenters. The highest BCUT2D eigenvalue weighted by molar-refractivity contribution is 5.73. The van der Waals surface area contributed by atoms with Crippen molar-refractivity contribution >= 4 is 11.6 Å². The van der Waals surface area contributed by atoms with Gasteiger partial charge in [0, 0.05) is 38.3 Å². The molecule has 0 aromatic heterocycles. The first-order chi connectivity index (χ1) is 9.97. The van der Waals surface area contributed by atoms with E-state index in [0.717, 1.165) is 13.1 Å². The fraction of sp³-hybridized carbons (Fsp3) is 0.588. The third-order valence-corrected chi connectivity index (χ3v) is 4.30. The summed E-state index contributed by atoms with van der Waals surface area (Å²) in [6.45, 7) is 6.44. The highest BCUT2D eigenvalue weighted by Crippen LogP contribution is 2.26. The summed E-state index contributed by atoms with van der Waals surface area (Å²) in [7, 11) is 4.32. The van der Waals surface area contributed by atoms with Crippen LogP contribution in [0.3, 0.4) is 0 Å². The fourth-order valence-corrected chi connectivity index (χ4v) is 3.01. The molecular weight excluding hydrogens is 262 g/mol. The van der Waals surface area contributed by atoms with E-state index < -0.39 is 0 Å². The maximum Gasteiger partial charge on any atom is 0.217 e. The number of nitrogens with zero attached hydrogens (tertiary/aromatic N) is 2. The van der Waals surface area contributed by atoms with Crippen LogP contribution in [-0.2, 0) is 11.3 Å². The number of hydrogen-bond donors (Lipinski definition) is 1. The average Bonchev–Trinajstić information content (AvgIpc) is 2.45. The lowest BCUT2D eigenvalue weighted by molar-refractivity contribution is -0.119. The van der Waals surface area contributed by atoms with E-state index in [4.69, 9.17) is 0 Å². The molecule has 0 radical (unpaired) electrons. The molecule has 0 spiro atoms. The Kier molecular flexibility index (Phi) is 5.23. The lowest BCUT2D eigenvalue weighted by Crippen LogP contribution is -2.42. The molecule has 1 aromatic carbocycles. The summed E-state index contributed by atoms with van der Waals surface area (Å²) in [4.78, 5) is 16.0. The standard InChI is InChI=1S/C17H27N3O/c1-13-5-6-17(15(11-13)12-18-14(2)21)20-9-7-16(8-10-20)19(3)4/h5-6,11,16H,7-10,12H2,1-4H3,(H,18,21). The summed E-state index contributed by atoms with van der Waals surface area (Å²) in [5.74, 6) is 0.0220. The van der Waals surface area contributed by atoms with Gasteiger partial charge in [0.25, 0.3) is 0 Å². The summed E-state index contributed by atoms with van der Waals surface area (Å²) in [6, 6.07) is 7.22. The minimum atomic E-state index is 0.0220. The number of hydrogen-bond acceptors (Lipinski definition) is 3. The molecule has 1 aliphatic heterocycles. The van der Waals surface area contributed by atoms with Gasteiger partial charge >= 0.3 is 0 Å². The number of piperidine rings is 1. The van der Waals surface area contributed by atoms with Gasteiger partial charge in [-0.25, -0.2) is 0 Å². The van der Waals surface area contributed by atoms with Gasteiger partial charge in [-0.1, -0.05) is 17.7 Å². The molecule has 4 heteroatoms. The molecule has 1 saturated heterocycles. The molecule has 0 aliphatic carbocycles. The number of carbonyl (C=O) groups excluding carboxylic acids is 1. The molecule has 1 aliphatic rings. The Labute approximate surface area is 128 Å². The summed E-state index contributed by atoms with van der Waals surface area (Å²) < 4.78 is 0. The van der Waals surface area contributed by atoms with Gasteiger partial charge in [-0.05, 0) is 45.5 Å². The van der Waals surface area contributed by atoms with Gasteiger partial charge < -0.3 is 15.1 Å². The van der Waals surface area contributed by atoms with E-state index in [1.807, 2.05) is 0 Å². The van der Waals surface area contributed by atoms with Crippen LogP contribution in [-0.4, -0.2) is 44.0 Å². The largest absolute Gasteiger partial charge is 0.371 e. The minimum Gasteiger partial charge on any atom is -0.371 e. The van der Waals surface area contributed by atoms with Gasteiger partial charge in [0.15, 0.2) is 0 Å². The second-order valence-electron chi connectivity index (χ2n) is 6.22. The SMILES string of the molecule is CC(=O)NCc1cc(C)ccc1N1CCC(N(C)C)CC1. The molecule has 21 heavy (non-hydrogen) atoms. The Bertz CT molecular complexity index is 491. The monoisotopic (exact) mass is 289 g/mol. The highest BCUT2D eigenvalue weighted by Gasteiger charge is 2.22. The van der Waals surface area contributed by atoms with E-state index in [2.05, 4.69) is 54.3 Å².